The maximum Gasteiger partial charge on any atom is 0.263 e. The van der Waals surface area contributed by atoms with Gasteiger partial charge in [0, 0.05) is 18.0 Å². The minimum Gasteiger partial charge on any atom is -0.274 e. The van der Waals surface area contributed by atoms with Gasteiger partial charge in [-0.1, -0.05) is 18.2 Å². The monoisotopic (exact) mass is 279 g/mol. The molecule has 0 spiro atoms. The molecule has 0 atom stereocenters. The van der Waals surface area contributed by atoms with E-state index >= 15 is 0 Å². The Bertz CT molecular complexity index is 621. The second-order valence-electron chi connectivity index (χ2n) is 3.90. The molecule has 1 aliphatic heterocycles. The second kappa shape index (κ2) is 5.77. The first-order valence-electron chi connectivity index (χ1n) is 5.67. The summed E-state index contributed by atoms with van der Waals surface area (Å²) < 4.78 is 23.7. The molecular weight excluding hydrogens is 266 g/mol. The molecule has 0 unspecified atom stereocenters. The zero-order valence-electron chi connectivity index (χ0n) is 10.0. The van der Waals surface area contributed by atoms with E-state index in [1.54, 1.807) is 24.4 Å². The van der Waals surface area contributed by atoms with Gasteiger partial charge in [-0.2, -0.15) is 0 Å². The Morgan fingerprint density at radius 1 is 1.21 bits per heavy atom. The number of carbonyl (C=O) groups is 1. The molecule has 2 rings (SSSR count). The average molecular weight is 279 g/mol. The molecule has 0 aromatic heterocycles. The molecule has 19 heavy (non-hydrogen) atoms. The molecule has 1 amide bonds. The molecule has 6 nitrogen and oxygen atoms in total. The number of amides is 1. The van der Waals surface area contributed by atoms with E-state index in [0.29, 0.717) is 18.4 Å². The van der Waals surface area contributed by atoms with E-state index in [0.717, 1.165) is 0 Å². The van der Waals surface area contributed by atoms with Crippen molar-refractivity contribution in [1.82, 2.24) is 10.3 Å². The first kappa shape index (κ1) is 13.4. The second-order valence-corrected chi connectivity index (χ2v) is 5.58. The van der Waals surface area contributed by atoms with E-state index in [1.807, 2.05) is 0 Å². The molecule has 1 aromatic carbocycles. The molecule has 2 N–H and O–H groups in total. The molecule has 0 bridgehead atoms. The highest BCUT2D eigenvalue weighted by Crippen LogP contribution is 2.09. The predicted molar refractivity (Wildman–Crippen MR) is 70.7 cm³/mol. The number of hydrogen-bond donors (Lipinski definition) is 2. The van der Waals surface area contributed by atoms with Gasteiger partial charge < -0.3 is 0 Å². The molecule has 1 aliphatic rings. The lowest BCUT2D eigenvalue weighted by Gasteiger charge is -2.10. The number of hydrazine groups is 1. The molecular formula is C12H13N3O3S. The third-order valence-corrected chi connectivity index (χ3v) is 3.79. The largest absolute Gasteiger partial charge is 0.274 e. The smallest absolute Gasteiger partial charge is 0.263 e. The maximum absolute atomic E-state index is 11.8. The highest BCUT2D eigenvalue weighted by molar-refractivity contribution is 7.89. The first-order chi connectivity index (χ1) is 9.09. The van der Waals surface area contributed by atoms with Gasteiger partial charge in [0.2, 0.25) is 0 Å². The van der Waals surface area contributed by atoms with Crippen LogP contribution in [0, 0.1) is 0 Å². The number of sulfonamides is 1. The lowest BCUT2D eigenvalue weighted by atomic mass is 10.1. The SMILES string of the molecule is O=C(NNS(=O)(=O)c1ccccc1)C1=CN=CCC1. The molecule has 0 saturated heterocycles. The predicted octanol–water partition coefficient (Wildman–Crippen LogP) is 0.745. The van der Waals surface area contributed by atoms with Gasteiger partial charge in [-0.05, 0) is 25.0 Å². The minimum atomic E-state index is -3.74. The average Bonchev–Trinajstić information content (AvgIpc) is 2.47. The normalized spacial score (nSPS) is 14.8. The van der Waals surface area contributed by atoms with Crippen LogP contribution >= 0.6 is 0 Å². The van der Waals surface area contributed by atoms with Crippen LogP contribution < -0.4 is 10.3 Å². The Hall–Kier alpha value is -1.99. The Morgan fingerprint density at radius 2 is 1.95 bits per heavy atom. The van der Waals surface area contributed by atoms with Crippen molar-refractivity contribution in [1.29, 1.82) is 0 Å². The maximum atomic E-state index is 11.8. The van der Waals surface area contributed by atoms with E-state index in [4.69, 9.17) is 0 Å². The number of rotatable bonds is 4. The zero-order chi connectivity index (χ0) is 13.7. The zero-order valence-corrected chi connectivity index (χ0v) is 10.9. The Morgan fingerprint density at radius 3 is 2.58 bits per heavy atom. The van der Waals surface area contributed by atoms with Crippen LogP contribution in [0.3, 0.4) is 0 Å². The lowest BCUT2D eigenvalue weighted by molar-refractivity contribution is -0.118. The molecule has 1 aromatic rings. The highest BCUT2D eigenvalue weighted by Gasteiger charge is 2.16. The van der Waals surface area contributed by atoms with Crippen molar-refractivity contribution in [3.8, 4) is 0 Å². The molecule has 0 radical (unpaired) electrons. The van der Waals surface area contributed by atoms with Gasteiger partial charge in [-0.3, -0.25) is 15.2 Å². The van der Waals surface area contributed by atoms with Crippen molar-refractivity contribution in [2.45, 2.75) is 17.7 Å². The van der Waals surface area contributed by atoms with Crippen LogP contribution in [0.4, 0.5) is 0 Å². The van der Waals surface area contributed by atoms with Gasteiger partial charge in [0.1, 0.15) is 0 Å². The van der Waals surface area contributed by atoms with E-state index in [2.05, 4.69) is 15.2 Å². The Labute approximate surface area is 111 Å². The summed E-state index contributed by atoms with van der Waals surface area (Å²) in [5.74, 6) is -0.489. The lowest BCUT2D eigenvalue weighted by Crippen LogP contribution is -2.42. The molecule has 0 aliphatic carbocycles. The van der Waals surface area contributed by atoms with Crippen LogP contribution in [0.5, 0.6) is 0 Å². The number of nitrogens with one attached hydrogen (secondary N) is 2. The van der Waals surface area contributed by atoms with Crippen LogP contribution in [0.2, 0.25) is 0 Å². The van der Waals surface area contributed by atoms with E-state index in [1.165, 1.54) is 18.3 Å². The van der Waals surface area contributed by atoms with E-state index in [9.17, 15) is 13.2 Å². The summed E-state index contributed by atoms with van der Waals surface area (Å²) >= 11 is 0. The van der Waals surface area contributed by atoms with Gasteiger partial charge in [0.25, 0.3) is 15.9 Å². The van der Waals surface area contributed by atoms with Crippen molar-refractivity contribution in [3.63, 3.8) is 0 Å². The van der Waals surface area contributed by atoms with Gasteiger partial charge in [-0.25, -0.2) is 8.42 Å². The van der Waals surface area contributed by atoms with Gasteiger partial charge >= 0.3 is 0 Å². The summed E-state index contributed by atoms with van der Waals surface area (Å²) in [7, 11) is -3.74. The van der Waals surface area contributed by atoms with E-state index < -0.39 is 15.9 Å². The minimum absolute atomic E-state index is 0.0888. The molecule has 1 heterocycles. The Kier molecular flexibility index (Phi) is 4.08. The summed E-state index contributed by atoms with van der Waals surface area (Å²) in [5, 5.41) is 0. The Balaban J connectivity index is 2.01. The van der Waals surface area contributed by atoms with Crippen molar-refractivity contribution in [2.24, 2.45) is 4.99 Å². The van der Waals surface area contributed by atoms with Crippen LogP contribution in [-0.4, -0.2) is 20.5 Å². The fourth-order valence-electron chi connectivity index (χ4n) is 1.53. The summed E-state index contributed by atoms with van der Waals surface area (Å²) in [6.45, 7) is 0. The number of carbonyl (C=O) groups excluding carboxylic acids is 1. The fourth-order valence-corrected chi connectivity index (χ4v) is 2.39. The standard InChI is InChI=1S/C12H13N3O3S/c16-12(10-5-4-8-13-9-10)14-15-19(17,18)11-6-2-1-3-7-11/h1-3,6-9,15H,4-5H2,(H,14,16). The summed E-state index contributed by atoms with van der Waals surface area (Å²) in [4.78, 5) is 17.7. The third-order valence-electron chi connectivity index (χ3n) is 2.52. The summed E-state index contributed by atoms with van der Waals surface area (Å²) in [6.07, 6.45) is 4.34. The van der Waals surface area contributed by atoms with Crippen LogP contribution in [0.1, 0.15) is 12.8 Å². The van der Waals surface area contributed by atoms with Gasteiger partial charge in [0.05, 0.1) is 4.90 Å². The highest BCUT2D eigenvalue weighted by atomic mass is 32.2. The van der Waals surface area contributed by atoms with Crippen molar-refractivity contribution in [2.75, 3.05) is 0 Å². The first-order valence-corrected chi connectivity index (χ1v) is 7.16. The number of aliphatic imine (C=N–C) groups is 1. The van der Waals surface area contributed by atoms with Crippen LogP contribution in [0.25, 0.3) is 0 Å². The van der Waals surface area contributed by atoms with Crippen LogP contribution in [-0.2, 0) is 14.8 Å². The van der Waals surface area contributed by atoms with Crippen molar-refractivity contribution in [3.05, 3.63) is 42.1 Å². The van der Waals surface area contributed by atoms with Crippen molar-refractivity contribution >= 4 is 22.1 Å². The topological polar surface area (TPSA) is 87.6 Å². The summed E-state index contributed by atoms with van der Waals surface area (Å²) in [6, 6.07) is 7.81. The molecule has 0 saturated carbocycles. The van der Waals surface area contributed by atoms with Crippen LogP contribution in [0.15, 0.2) is 52.0 Å². The third kappa shape index (κ3) is 3.49. The van der Waals surface area contributed by atoms with E-state index in [-0.39, 0.29) is 4.90 Å². The summed E-state index contributed by atoms with van der Waals surface area (Å²) in [5.41, 5.74) is 2.61. The van der Waals surface area contributed by atoms with Gasteiger partial charge in [0.15, 0.2) is 0 Å². The number of benzene rings is 1. The molecule has 0 fully saturated rings. The molecule has 7 heteroatoms. The van der Waals surface area contributed by atoms with Gasteiger partial charge in [-0.15, -0.1) is 4.83 Å². The number of nitrogens with zero attached hydrogens (tertiary/aromatic N) is 1. The molecule has 100 valence electrons. The fraction of sp³-hybridized carbons (Fsp3) is 0.167. The number of hydrogen-bond acceptors (Lipinski definition) is 4. The quantitative estimate of drug-likeness (QED) is 0.797. The van der Waals surface area contributed by atoms with Crippen molar-refractivity contribution < 1.29 is 13.2 Å².